The van der Waals surface area contributed by atoms with Crippen molar-refractivity contribution in [3.8, 4) is 0 Å². The van der Waals surface area contributed by atoms with E-state index in [-0.39, 0.29) is 12.0 Å². The molecule has 0 bridgehead atoms. The van der Waals surface area contributed by atoms with Crippen molar-refractivity contribution in [3.05, 3.63) is 53.9 Å². The predicted molar refractivity (Wildman–Crippen MR) is 104 cm³/mol. The van der Waals surface area contributed by atoms with Crippen LogP contribution in [0.3, 0.4) is 0 Å². The molecular formula is C20H24N4O3. The number of hydrogen-bond donors (Lipinski definition) is 1. The van der Waals surface area contributed by atoms with E-state index in [9.17, 15) is 9.59 Å². The molecule has 142 valence electrons. The van der Waals surface area contributed by atoms with Crippen LogP contribution in [0.5, 0.6) is 0 Å². The predicted octanol–water partition coefficient (Wildman–Crippen LogP) is 2.92. The highest BCUT2D eigenvalue weighted by atomic mass is 16.6. The topological polar surface area (TPSA) is 74.8 Å². The fraction of sp³-hybridized carbons (Fsp3) is 0.350. The maximum atomic E-state index is 12.5. The normalized spacial score (nSPS) is 14.0. The molecule has 7 heteroatoms. The van der Waals surface area contributed by atoms with Crippen LogP contribution in [0.15, 0.2) is 42.6 Å². The van der Waals surface area contributed by atoms with E-state index in [1.165, 1.54) is 0 Å². The molecule has 2 aromatic rings. The van der Waals surface area contributed by atoms with Crippen LogP contribution in [-0.4, -0.2) is 54.7 Å². The number of benzene rings is 1. The first-order valence-corrected chi connectivity index (χ1v) is 9.07. The second kappa shape index (κ2) is 8.53. The lowest BCUT2D eigenvalue weighted by atomic mass is 10.2. The van der Waals surface area contributed by atoms with Gasteiger partial charge < -0.3 is 19.9 Å². The quantitative estimate of drug-likeness (QED) is 0.898. The molecule has 3 rings (SSSR count). The number of rotatable bonds is 4. The minimum absolute atomic E-state index is 0.243. The Hall–Kier alpha value is -3.09. The van der Waals surface area contributed by atoms with Crippen LogP contribution in [0.1, 0.15) is 23.0 Å². The van der Waals surface area contributed by atoms with Gasteiger partial charge in [0.15, 0.2) is 0 Å². The van der Waals surface area contributed by atoms with Gasteiger partial charge in [-0.2, -0.15) is 0 Å². The zero-order valence-corrected chi connectivity index (χ0v) is 15.6. The maximum Gasteiger partial charge on any atom is 0.409 e. The van der Waals surface area contributed by atoms with Crippen LogP contribution in [0.4, 0.5) is 16.2 Å². The van der Waals surface area contributed by atoms with E-state index in [0.717, 1.165) is 16.9 Å². The number of aromatic nitrogens is 1. The Kier molecular flexibility index (Phi) is 5.90. The van der Waals surface area contributed by atoms with Crippen molar-refractivity contribution >= 4 is 23.4 Å². The summed E-state index contributed by atoms with van der Waals surface area (Å²) >= 11 is 0. The van der Waals surface area contributed by atoms with Gasteiger partial charge in [0.2, 0.25) is 0 Å². The number of piperazine rings is 1. The van der Waals surface area contributed by atoms with Gasteiger partial charge in [0.1, 0.15) is 5.69 Å². The summed E-state index contributed by atoms with van der Waals surface area (Å²) in [7, 11) is 0. The first-order valence-electron chi connectivity index (χ1n) is 9.07. The minimum Gasteiger partial charge on any atom is -0.450 e. The Morgan fingerprint density at radius 1 is 1.15 bits per heavy atom. The number of nitrogens with one attached hydrogen (secondary N) is 1. The molecule has 1 aromatic heterocycles. The van der Waals surface area contributed by atoms with Gasteiger partial charge in [0, 0.05) is 43.8 Å². The number of carbonyl (C=O) groups excluding carboxylic acids is 2. The van der Waals surface area contributed by atoms with Gasteiger partial charge in [0.05, 0.1) is 6.61 Å². The lowest BCUT2D eigenvalue weighted by molar-refractivity contribution is 0.102. The van der Waals surface area contributed by atoms with Crippen molar-refractivity contribution in [2.24, 2.45) is 0 Å². The van der Waals surface area contributed by atoms with E-state index >= 15 is 0 Å². The van der Waals surface area contributed by atoms with E-state index in [1.54, 1.807) is 24.1 Å². The van der Waals surface area contributed by atoms with E-state index in [2.05, 4.69) is 15.2 Å². The second-order valence-electron chi connectivity index (χ2n) is 6.40. The van der Waals surface area contributed by atoms with Crippen molar-refractivity contribution in [1.82, 2.24) is 9.88 Å². The van der Waals surface area contributed by atoms with Crippen molar-refractivity contribution in [3.63, 3.8) is 0 Å². The number of aryl methyl sites for hydroxylation is 1. The van der Waals surface area contributed by atoms with E-state index in [1.807, 2.05) is 37.3 Å². The third-order valence-corrected chi connectivity index (χ3v) is 4.42. The molecule has 1 N–H and O–H groups in total. The highest BCUT2D eigenvalue weighted by molar-refractivity contribution is 6.03. The molecule has 1 aliphatic rings. The summed E-state index contributed by atoms with van der Waals surface area (Å²) in [6, 6.07) is 11.3. The van der Waals surface area contributed by atoms with Gasteiger partial charge in [-0.25, -0.2) is 4.79 Å². The first-order chi connectivity index (χ1) is 13.1. The van der Waals surface area contributed by atoms with Crippen molar-refractivity contribution in [2.45, 2.75) is 13.8 Å². The molecule has 0 saturated carbocycles. The van der Waals surface area contributed by atoms with Gasteiger partial charge in [-0.05, 0) is 43.7 Å². The number of ether oxygens (including phenoxy) is 1. The molecule has 7 nitrogen and oxygen atoms in total. The molecular weight excluding hydrogens is 344 g/mol. The third-order valence-electron chi connectivity index (χ3n) is 4.42. The standard InChI is InChI=1S/C20H24N4O3/c1-3-27-20(26)24-11-9-23(10-12-24)17-7-8-21-18(14-17)19(25)22-16-6-4-5-15(2)13-16/h4-8,13-14H,3,9-12H2,1-2H3,(H,22,25). The number of amides is 2. The summed E-state index contributed by atoms with van der Waals surface area (Å²) in [4.78, 5) is 32.4. The van der Waals surface area contributed by atoms with Crippen molar-refractivity contribution in [2.75, 3.05) is 43.0 Å². The van der Waals surface area contributed by atoms with Gasteiger partial charge >= 0.3 is 6.09 Å². The number of nitrogens with zero attached hydrogens (tertiary/aromatic N) is 3. The van der Waals surface area contributed by atoms with Gasteiger partial charge in [-0.1, -0.05) is 12.1 Å². The van der Waals surface area contributed by atoms with Gasteiger partial charge in [-0.15, -0.1) is 0 Å². The average molecular weight is 368 g/mol. The third kappa shape index (κ3) is 4.75. The van der Waals surface area contributed by atoms with E-state index in [0.29, 0.717) is 38.5 Å². The van der Waals surface area contributed by atoms with Crippen molar-refractivity contribution in [1.29, 1.82) is 0 Å². The molecule has 0 unspecified atom stereocenters. The zero-order chi connectivity index (χ0) is 19.2. The number of anilines is 2. The highest BCUT2D eigenvalue weighted by Gasteiger charge is 2.22. The van der Waals surface area contributed by atoms with Gasteiger partial charge in [0.25, 0.3) is 5.91 Å². The van der Waals surface area contributed by atoms with Crippen LogP contribution < -0.4 is 10.2 Å². The van der Waals surface area contributed by atoms with E-state index < -0.39 is 0 Å². The van der Waals surface area contributed by atoms with Crippen LogP contribution in [-0.2, 0) is 4.74 Å². The second-order valence-corrected chi connectivity index (χ2v) is 6.40. The zero-order valence-electron chi connectivity index (χ0n) is 15.6. The number of hydrogen-bond acceptors (Lipinski definition) is 5. The van der Waals surface area contributed by atoms with Crippen molar-refractivity contribution < 1.29 is 14.3 Å². The average Bonchev–Trinajstić information content (AvgIpc) is 2.68. The SMILES string of the molecule is CCOC(=O)N1CCN(c2ccnc(C(=O)Nc3cccc(C)c3)c2)CC1. The van der Waals surface area contributed by atoms with Crippen LogP contribution >= 0.6 is 0 Å². The fourth-order valence-corrected chi connectivity index (χ4v) is 3.02. The van der Waals surface area contributed by atoms with E-state index in [4.69, 9.17) is 4.74 Å². The summed E-state index contributed by atoms with van der Waals surface area (Å²) in [6.07, 6.45) is 1.36. The molecule has 0 atom stereocenters. The molecule has 1 aliphatic heterocycles. The molecule has 1 aromatic carbocycles. The monoisotopic (exact) mass is 368 g/mol. The van der Waals surface area contributed by atoms with Crippen LogP contribution in [0.25, 0.3) is 0 Å². The number of carbonyl (C=O) groups is 2. The summed E-state index contributed by atoms with van der Waals surface area (Å²) in [5, 5.41) is 2.88. The molecule has 27 heavy (non-hydrogen) atoms. The summed E-state index contributed by atoms with van der Waals surface area (Å²) in [6.45, 7) is 6.70. The lowest BCUT2D eigenvalue weighted by Gasteiger charge is -2.35. The lowest BCUT2D eigenvalue weighted by Crippen LogP contribution is -2.49. The molecule has 1 saturated heterocycles. The Balaban J connectivity index is 1.64. The smallest absolute Gasteiger partial charge is 0.409 e. The number of pyridine rings is 1. The fourth-order valence-electron chi connectivity index (χ4n) is 3.02. The summed E-state index contributed by atoms with van der Waals surface area (Å²) in [5.41, 5.74) is 3.11. The Morgan fingerprint density at radius 3 is 2.63 bits per heavy atom. The maximum absolute atomic E-state index is 12.5. The Bertz CT molecular complexity index is 816. The molecule has 0 aliphatic carbocycles. The molecule has 2 heterocycles. The molecule has 0 radical (unpaired) electrons. The largest absolute Gasteiger partial charge is 0.450 e. The van der Waals surface area contributed by atoms with Crippen LogP contribution in [0.2, 0.25) is 0 Å². The molecule has 2 amide bonds. The van der Waals surface area contributed by atoms with Gasteiger partial charge in [-0.3, -0.25) is 9.78 Å². The Labute approximate surface area is 158 Å². The minimum atomic E-state index is -0.273. The molecule has 1 fully saturated rings. The summed E-state index contributed by atoms with van der Waals surface area (Å²) < 4.78 is 5.04. The highest BCUT2D eigenvalue weighted by Crippen LogP contribution is 2.18. The van der Waals surface area contributed by atoms with Crippen LogP contribution in [0, 0.1) is 6.92 Å². The molecule has 0 spiro atoms. The Morgan fingerprint density at radius 2 is 1.93 bits per heavy atom. The first kappa shape index (κ1) is 18.7. The summed E-state index contributed by atoms with van der Waals surface area (Å²) in [5.74, 6) is -0.243.